The predicted octanol–water partition coefficient (Wildman–Crippen LogP) is 16.0. The largest absolute Gasteiger partial charge is 0.456 e. The maximum Gasteiger partial charge on any atom is 0.136 e. The second-order valence-electron chi connectivity index (χ2n) is 15.1. The van der Waals surface area contributed by atoms with E-state index in [1.807, 2.05) is 6.07 Å². The Balaban J connectivity index is 1.04. The van der Waals surface area contributed by atoms with Gasteiger partial charge in [-0.15, -0.1) is 0 Å². The lowest BCUT2D eigenvalue weighted by Crippen LogP contribution is -1.92. The molecule has 57 heavy (non-hydrogen) atoms. The molecule has 1 heterocycles. The fraction of sp³-hybridized carbons (Fsp3) is 0. The smallest absolute Gasteiger partial charge is 0.136 e. The number of benzene rings is 11. The van der Waals surface area contributed by atoms with Crippen LogP contribution in [0.2, 0.25) is 0 Å². The zero-order chi connectivity index (χ0) is 37.5. The average molecular weight is 723 g/mol. The number of rotatable bonds is 4. The Kier molecular flexibility index (Phi) is 7.00. The summed E-state index contributed by atoms with van der Waals surface area (Å²) in [7, 11) is 0. The van der Waals surface area contributed by atoms with E-state index >= 15 is 0 Å². The molecular formula is C56H34O. The lowest BCUT2D eigenvalue weighted by Gasteiger charge is -2.19. The van der Waals surface area contributed by atoms with Gasteiger partial charge in [0.05, 0.1) is 0 Å². The summed E-state index contributed by atoms with van der Waals surface area (Å²) in [5.74, 6) is 0. The van der Waals surface area contributed by atoms with Crippen LogP contribution in [0.5, 0.6) is 0 Å². The van der Waals surface area contributed by atoms with Gasteiger partial charge in [0.2, 0.25) is 0 Å². The summed E-state index contributed by atoms with van der Waals surface area (Å²) >= 11 is 0. The third-order valence-electron chi connectivity index (χ3n) is 12.1. The monoisotopic (exact) mass is 722 g/mol. The minimum absolute atomic E-state index is 0.909. The first kappa shape index (κ1) is 31.8. The molecule has 0 amide bonds. The number of fused-ring (bicyclic) bond motifs is 11. The number of para-hydroxylation sites is 1. The highest BCUT2D eigenvalue weighted by Gasteiger charge is 2.19. The Labute approximate surface area is 329 Å². The molecule has 12 aromatic rings. The van der Waals surface area contributed by atoms with Gasteiger partial charge in [0.1, 0.15) is 11.2 Å². The zero-order valence-electron chi connectivity index (χ0n) is 31.0. The van der Waals surface area contributed by atoms with Crippen molar-refractivity contribution in [3.05, 3.63) is 206 Å². The summed E-state index contributed by atoms with van der Waals surface area (Å²) in [6, 6.07) is 75.3. The maximum atomic E-state index is 6.28. The molecule has 0 radical (unpaired) electrons. The molecule has 0 fully saturated rings. The Morgan fingerprint density at radius 3 is 1.25 bits per heavy atom. The number of hydrogen-bond acceptors (Lipinski definition) is 1. The normalized spacial score (nSPS) is 11.9. The Morgan fingerprint density at radius 1 is 0.228 bits per heavy atom. The van der Waals surface area contributed by atoms with Crippen LogP contribution >= 0.6 is 0 Å². The van der Waals surface area contributed by atoms with Crippen LogP contribution in [0, 0.1) is 0 Å². The molecular weight excluding hydrogens is 689 g/mol. The summed E-state index contributed by atoms with van der Waals surface area (Å²) in [6.07, 6.45) is 0. The van der Waals surface area contributed by atoms with Crippen molar-refractivity contribution in [1.82, 2.24) is 0 Å². The van der Waals surface area contributed by atoms with E-state index in [2.05, 4.69) is 200 Å². The van der Waals surface area contributed by atoms with Crippen LogP contribution in [0.15, 0.2) is 211 Å². The van der Waals surface area contributed by atoms with Crippen LogP contribution in [-0.4, -0.2) is 0 Å². The van der Waals surface area contributed by atoms with E-state index in [1.54, 1.807) is 0 Å². The first-order valence-corrected chi connectivity index (χ1v) is 19.7. The Hall–Kier alpha value is -7.48. The quantitative estimate of drug-likeness (QED) is 0.130. The van der Waals surface area contributed by atoms with Gasteiger partial charge in [-0.25, -0.2) is 0 Å². The maximum absolute atomic E-state index is 6.28. The molecule has 0 saturated heterocycles. The second kappa shape index (κ2) is 12.5. The van der Waals surface area contributed by atoms with Crippen molar-refractivity contribution < 1.29 is 4.42 Å². The fourth-order valence-corrected chi connectivity index (χ4v) is 9.60. The van der Waals surface area contributed by atoms with Gasteiger partial charge in [0, 0.05) is 10.8 Å². The van der Waals surface area contributed by atoms with Crippen LogP contribution in [-0.2, 0) is 0 Å². The van der Waals surface area contributed by atoms with Gasteiger partial charge in [-0.3, -0.25) is 0 Å². The molecule has 1 nitrogen and oxygen atoms in total. The third-order valence-corrected chi connectivity index (χ3v) is 12.1. The van der Waals surface area contributed by atoms with Crippen molar-refractivity contribution in [3.63, 3.8) is 0 Å². The number of furan rings is 1. The van der Waals surface area contributed by atoms with Crippen molar-refractivity contribution in [2.75, 3.05) is 0 Å². The highest BCUT2D eigenvalue weighted by atomic mass is 16.3. The van der Waals surface area contributed by atoms with Gasteiger partial charge < -0.3 is 4.42 Å². The summed E-state index contributed by atoms with van der Waals surface area (Å²) in [5.41, 5.74) is 11.5. The minimum Gasteiger partial charge on any atom is -0.456 e. The molecule has 0 bridgehead atoms. The zero-order valence-corrected chi connectivity index (χ0v) is 31.0. The average Bonchev–Trinajstić information content (AvgIpc) is 3.67. The van der Waals surface area contributed by atoms with Crippen LogP contribution < -0.4 is 0 Å². The molecule has 1 heteroatoms. The highest BCUT2D eigenvalue weighted by molar-refractivity contribution is 6.27. The van der Waals surface area contributed by atoms with E-state index < -0.39 is 0 Å². The van der Waals surface area contributed by atoms with Crippen molar-refractivity contribution in [2.24, 2.45) is 0 Å². The Morgan fingerprint density at radius 2 is 0.632 bits per heavy atom. The van der Waals surface area contributed by atoms with E-state index in [0.717, 1.165) is 21.9 Å². The van der Waals surface area contributed by atoms with Crippen molar-refractivity contribution in [3.8, 4) is 44.5 Å². The van der Waals surface area contributed by atoms with E-state index in [-0.39, 0.29) is 0 Å². The van der Waals surface area contributed by atoms with Gasteiger partial charge in [-0.05, 0) is 117 Å². The summed E-state index contributed by atoms with van der Waals surface area (Å²) in [6.45, 7) is 0. The summed E-state index contributed by atoms with van der Waals surface area (Å²) in [5, 5.41) is 15.0. The lowest BCUT2D eigenvalue weighted by atomic mass is 9.84. The van der Waals surface area contributed by atoms with Gasteiger partial charge in [-0.1, -0.05) is 188 Å². The van der Waals surface area contributed by atoms with E-state index in [0.29, 0.717) is 0 Å². The summed E-state index contributed by atoms with van der Waals surface area (Å²) < 4.78 is 6.28. The molecule has 0 atom stereocenters. The third kappa shape index (κ3) is 4.83. The van der Waals surface area contributed by atoms with Crippen molar-refractivity contribution in [1.29, 1.82) is 0 Å². The molecule has 0 unspecified atom stereocenters. The van der Waals surface area contributed by atoms with E-state index in [1.165, 1.54) is 98.4 Å². The van der Waals surface area contributed by atoms with Crippen LogP contribution in [0.25, 0.3) is 120 Å². The molecule has 0 aliphatic carbocycles. The van der Waals surface area contributed by atoms with Crippen LogP contribution in [0.3, 0.4) is 0 Å². The molecule has 11 aromatic carbocycles. The lowest BCUT2D eigenvalue weighted by molar-refractivity contribution is 0.669. The van der Waals surface area contributed by atoms with Gasteiger partial charge in [0.15, 0.2) is 0 Å². The predicted molar refractivity (Wildman–Crippen MR) is 243 cm³/mol. The SMILES string of the molecule is c1ccc(-c2cccc3oc4ccccc4c23)c(-c2ccc(-c3c4ccccc4c(-c4ccc5c6ccccc6c6ccccc6c5c4)c4ccccc34)cc2)c1. The standard InChI is InChI=1S/C56H34O/c1-2-15-39(45-25-13-27-53-56(45)50-24-11-12-26-52(50)57-53)38(14-1)35-28-30-36(31-29-35)54-46-20-7-9-22-48(46)55(49-23-10-8-21-47(49)54)37-32-33-44-42-18-4-3-16-40(42)41-17-5-6-19-43(41)51(44)34-37/h1-34H. The van der Waals surface area contributed by atoms with Gasteiger partial charge in [0.25, 0.3) is 0 Å². The molecule has 0 aliphatic heterocycles. The Bertz CT molecular complexity index is 3480. The molecule has 0 spiro atoms. The second-order valence-corrected chi connectivity index (χ2v) is 15.1. The molecule has 1 aromatic heterocycles. The van der Waals surface area contributed by atoms with Crippen molar-refractivity contribution in [2.45, 2.75) is 0 Å². The fourth-order valence-electron chi connectivity index (χ4n) is 9.60. The molecule has 264 valence electrons. The molecule has 0 N–H and O–H groups in total. The molecule has 0 saturated carbocycles. The topological polar surface area (TPSA) is 13.1 Å². The number of hydrogen-bond donors (Lipinski definition) is 0. The van der Waals surface area contributed by atoms with E-state index in [9.17, 15) is 0 Å². The van der Waals surface area contributed by atoms with Gasteiger partial charge >= 0.3 is 0 Å². The highest BCUT2D eigenvalue weighted by Crippen LogP contribution is 2.46. The minimum atomic E-state index is 0.909. The molecule has 0 aliphatic rings. The van der Waals surface area contributed by atoms with Gasteiger partial charge in [-0.2, -0.15) is 0 Å². The first-order chi connectivity index (χ1) is 28.3. The van der Waals surface area contributed by atoms with Crippen molar-refractivity contribution >= 4 is 75.8 Å². The summed E-state index contributed by atoms with van der Waals surface area (Å²) in [4.78, 5) is 0. The van der Waals surface area contributed by atoms with Crippen LogP contribution in [0.4, 0.5) is 0 Å². The van der Waals surface area contributed by atoms with E-state index in [4.69, 9.17) is 4.42 Å². The first-order valence-electron chi connectivity index (χ1n) is 19.7. The van der Waals surface area contributed by atoms with Crippen LogP contribution in [0.1, 0.15) is 0 Å². The molecule has 12 rings (SSSR count).